The van der Waals surface area contributed by atoms with Crippen molar-refractivity contribution >= 4 is 34.6 Å². The maximum atomic E-state index is 13.2. The maximum absolute atomic E-state index is 13.2. The number of nitrogens with zero attached hydrogens (tertiary/aromatic N) is 5. The molecule has 0 bridgehead atoms. The molecule has 8 nitrogen and oxygen atoms in total. The van der Waals surface area contributed by atoms with E-state index in [-0.39, 0.29) is 24.3 Å². The van der Waals surface area contributed by atoms with E-state index in [9.17, 15) is 4.79 Å². The first-order valence-corrected chi connectivity index (χ1v) is 11.5. The van der Waals surface area contributed by atoms with Crippen LogP contribution in [0.25, 0.3) is 11.2 Å². The van der Waals surface area contributed by atoms with E-state index in [1.54, 1.807) is 11.2 Å². The number of hydrogen-bond acceptors (Lipinski definition) is 6. The average molecular weight is 467 g/mol. The van der Waals surface area contributed by atoms with Crippen LogP contribution >= 0.6 is 11.6 Å². The summed E-state index contributed by atoms with van der Waals surface area (Å²) in [7, 11) is 1.92. The molecule has 2 aliphatic rings. The molecular formula is C24H27ClN6O2. The molecule has 0 unspecified atom stereocenters. The van der Waals surface area contributed by atoms with Gasteiger partial charge in [0.05, 0.1) is 18.3 Å². The number of fused-ring (bicyclic) bond motifs is 1. The predicted octanol–water partition coefficient (Wildman–Crippen LogP) is 3.15. The van der Waals surface area contributed by atoms with Gasteiger partial charge in [-0.15, -0.1) is 0 Å². The first-order valence-electron chi connectivity index (χ1n) is 11.1. The van der Waals surface area contributed by atoms with Gasteiger partial charge in [-0.2, -0.15) is 0 Å². The van der Waals surface area contributed by atoms with Crippen LogP contribution in [0.1, 0.15) is 42.9 Å². The number of amides is 1. The molecule has 1 fully saturated rings. The highest BCUT2D eigenvalue weighted by atomic mass is 35.5. The van der Waals surface area contributed by atoms with Gasteiger partial charge in [0.15, 0.2) is 11.6 Å². The molecule has 1 saturated heterocycles. The zero-order valence-corrected chi connectivity index (χ0v) is 19.5. The quantitative estimate of drug-likeness (QED) is 0.636. The number of pyridine rings is 1. The van der Waals surface area contributed by atoms with E-state index in [0.717, 1.165) is 40.7 Å². The number of carbonyl (C=O) groups excluding carboxylic acids is 1. The number of guanidine groups is 1. The number of rotatable bonds is 4. The number of benzene rings is 1. The Balaban J connectivity index is 1.45. The lowest BCUT2D eigenvalue weighted by atomic mass is 9.85. The van der Waals surface area contributed by atoms with Crippen LogP contribution in [0.3, 0.4) is 0 Å². The van der Waals surface area contributed by atoms with Gasteiger partial charge in [0.2, 0.25) is 5.91 Å². The monoisotopic (exact) mass is 466 g/mol. The molecule has 0 saturated carbocycles. The molecule has 1 aromatic carbocycles. The molecule has 2 aliphatic heterocycles. The van der Waals surface area contributed by atoms with Gasteiger partial charge in [-0.1, -0.05) is 29.8 Å². The maximum Gasteiger partial charge on any atom is 0.232 e. The van der Waals surface area contributed by atoms with E-state index in [4.69, 9.17) is 27.1 Å². The Morgan fingerprint density at radius 2 is 2.06 bits per heavy atom. The Bertz CT molecular complexity index is 1250. The molecule has 2 N–H and O–H groups in total. The summed E-state index contributed by atoms with van der Waals surface area (Å²) in [4.78, 5) is 28.5. The summed E-state index contributed by atoms with van der Waals surface area (Å²) in [6.07, 6.45) is 5.95. The van der Waals surface area contributed by atoms with Crippen molar-refractivity contribution in [1.29, 1.82) is 0 Å². The van der Waals surface area contributed by atoms with Crippen LogP contribution in [0.2, 0.25) is 5.02 Å². The third kappa shape index (κ3) is 3.98. The fourth-order valence-corrected chi connectivity index (χ4v) is 5.25. The van der Waals surface area contributed by atoms with Crippen LogP contribution in [0, 0.1) is 0 Å². The van der Waals surface area contributed by atoms with Crippen molar-refractivity contribution in [3.05, 3.63) is 58.5 Å². The Morgan fingerprint density at radius 3 is 2.82 bits per heavy atom. The highest BCUT2D eigenvalue weighted by Crippen LogP contribution is 2.40. The fraction of sp³-hybridized carbons (Fsp3) is 0.417. The SMILES string of the molecule is Cn1cnc2cc(Cc3cccc([C@]4(C)CC(=O)N(C5CCOCC5)C(N)=N4)c3Cl)cnc21. The number of carbonyl (C=O) groups is 1. The summed E-state index contributed by atoms with van der Waals surface area (Å²) in [5.41, 5.74) is 9.96. The molecule has 1 amide bonds. The van der Waals surface area contributed by atoms with E-state index >= 15 is 0 Å². The summed E-state index contributed by atoms with van der Waals surface area (Å²) >= 11 is 6.89. The van der Waals surface area contributed by atoms with Crippen LogP contribution in [-0.2, 0) is 28.5 Å². The third-order valence-electron chi connectivity index (χ3n) is 6.59. The van der Waals surface area contributed by atoms with E-state index in [2.05, 4.69) is 9.97 Å². The lowest BCUT2D eigenvalue weighted by Crippen LogP contribution is -2.55. The number of aryl methyl sites for hydroxylation is 1. The fourth-order valence-electron chi connectivity index (χ4n) is 4.85. The first-order chi connectivity index (χ1) is 15.9. The number of hydrogen-bond donors (Lipinski definition) is 1. The lowest BCUT2D eigenvalue weighted by Gasteiger charge is -2.40. The van der Waals surface area contributed by atoms with Gasteiger partial charge in [0.25, 0.3) is 0 Å². The van der Waals surface area contributed by atoms with Crippen molar-refractivity contribution in [3.63, 3.8) is 0 Å². The summed E-state index contributed by atoms with van der Waals surface area (Å²) in [6.45, 7) is 3.18. The van der Waals surface area contributed by atoms with Gasteiger partial charge in [0, 0.05) is 43.9 Å². The van der Waals surface area contributed by atoms with Gasteiger partial charge >= 0.3 is 0 Å². The molecule has 0 radical (unpaired) electrons. The Kier molecular flexibility index (Phi) is 5.58. The Labute approximate surface area is 197 Å². The summed E-state index contributed by atoms with van der Waals surface area (Å²) in [5.74, 6) is 0.232. The van der Waals surface area contributed by atoms with Gasteiger partial charge in [-0.25, -0.2) is 15.0 Å². The number of aliphatic imine (C=N–C) groups is 1. The largest absolute Gasteiger partial charge is 0.381 e. The van der Waals surface area contributed by atoms with Crippen LogP contribution in [-0.4, -0.2) is 50.6 Å². The minimum Gasteiger partial charge on any atom is -0.381 e. The van der Waals surface area contributed by atoms with E-state index in [1.165, 1.54) is 0 Å². The van der Waals surface area contributed by atoms with Crippen LogP contribution in [0.5, 0.6) is 0 Å². The summed E-state index contributed by atoms with van der Waals surface area (Å²) in [5, 5.41) is 0.602. The Morgan fingerprint density at radius 1 is 1.27 bits per heavy atom. The normalized spacial score (nSPS) is 22.1. The molecule has 4 heterocycles. The summed E-state index contributed by atoms with van der Waals surface area (Å²) in [6, 6.07) is 7.94. The second-order valence-corrected chi connectivity index (χ2v) is 9.40. The highest BCUT2D eigenvalue weighted by molar-refractivity contribution is 6.32. The number of halogens is 1. The second-order valence-electron chi connectivity index (χ2n) is 9.03. The number of aromatic nitrogens is 3. The number of imidazole rings is 1. The third-order valence-corrected chi connectivity index (χ3v) is 7.04. The second kappa shape index (κ2) is 8.43. The average Bonchev–Trinajstić information content (AvgIpc) is 3.15. The molecule has 0 aliphatic carbocycles. The minimum atomic E-state index is -0.820. The minimum absolute atomic E-state index is 0.0248. The van der Waals surface area contributed by atoms with E-state index < -0.39 is 5.54 Å². The van der Waals surface area contributed by atoms with Gasteiger partial charge in [0.1, 0.15) is 5.52 Å². The molecule has 5 rings (SSSR count). The molecule has 0 spiro atoms. The van der Waals surface area contributed by atoms with E-state index in [0.29, 0.717) is 24.7 Å². The smallest absolute Gasteiger partial charge is 0.232 e. The molecule has 1 atom stereocenters. The zero-order valence-electron chi connectivity index (χ0n) is 18.8. The van der Waals surface area contributed by atoms with Crippen LogP contribution < -0.4 is 5.73 Å². The molecule has 9 heteroatoms. The van der Waals surface area contributed by atoms with Crippen molar-refractivity contribution in [1.82, 2.24) is 19.4 Å². The zero-order chi connectivity index (χ0) is 23.2. The number of nitrogens with two attached hydrogens (primary N) is 1. The standard InChI is InChI=1S/C24H27ClN6O2/c1-24(12-20(32)31(23(26)29-24)17-6-8-33-9-7-17)18-5-3-4-16(21(18)25)10-15-11-19-22(27-13-15)30(2)14-28-19/h3-5,11,13-14,17H,6-10,12H2,1-2H3,(H2,26,29)/t24-/m0/s1. The van der Waals surface area contributed by atoms with Gasteiger partial charge in [-0.05, 0) is 42.5 Å². The van der Waals surface area contributed by atoms with Crippen LogP contribution in [0.4, 0.5) is 0 Å². The molecule has 172 valence electrons. The topological polar surface area (TPSA) is 98.6 Å². The number of ether oxygens (including phenoxy) is 1. The van der Waals surface area contributed by atoms with Crippen molar-refractivity contribution in [2.24, 2.45) is 17.8 Å². The van der Waals surface area contributed by atoms with Gasteiger partial charge in [-0.3, -0.25) is 9.69 Å². The predicted molar refractivity (Wildman–Crippen MR) is 127 cm³/mol. The van der Waals surface area contributed by atoms with Gasteiger partial charge < -0.3 is 15.0 Å². The Hall–Kier alpha value is -2.97. The van der Waals surface area contributed by atoms with Crippen molar-refractivity contribution in [3.8, 4) is 0 Å². The molecule has 3 aromatic rings. The lowest BCUT2D eigenvalue weighted by molar-refractivity contribution is -0.132. The summed E-state index contributed by atoms with van der Waals surface area (Å²) < 4.78 is 7.32. The van der Waals surface area contributed by atoms with Crippen molar-refractivity contribution < 1.29 is 9.53 Å². The molecule has 33 heavy (non-hydrogen) atoms. The van der Waals surface area contributed by atoms with Crippen LogP contribution in [0.15, 0.2) is 41.8 Å². The molecular weight excluding hydrogens is 440 g/mol. The van der Waals surface area contributed by atoms with E-state index in [1.807, 2.05) is 49.0 Å². The van der Waals surface area contributed by atoms with Crippen molar-refractivity contribution in [2.45, 2.75) is 44.2 Å². The highest BCUT2D eigenvalue weighted by Gasteiger charge is 2.41. The van der Waals surface area contributed by atoms with Crippen molar-refractivity contribution in [2.75, 3.05) is 13.2 Å². The first kappa shape index (κ1) is 21.9. The molecule has 2 aromatic heterocycles.